The molecular formula is C28H46N2O7Si2. The molecular weight excluding hydrogens is 532 g/mol. The number of rotatable bonds is 10. The van der Waals surface area contributed by atoms with Crippen LogP contribution in [0.1, 0.15) is 60.5 Å². The maximum atomic E-state index is 13.5. The molecule has 11 heteroatoms. The molecule has 2 rings (SSSR count). The lowest BCUT2D eigenvalue weighted by molar-refractivity contribution is -0.384. The Morgan fingerprint density at radius 3 is 2.05 bits per heavy atom. The maximum absolute atomic E-state index is 13.5. The highest BCUT2D eigenvalue weighted by Crippen LogP contribution is 2.46. The molecule has 0 saturated carbocycles. The van der Waals surface area contributed by atoms with E-state index in [-0.39, 0.29) is 40.9 Å². The van der Waals surface area contributed by atoms with Crippen molar-refractivity contribution in [3.63, 3.8) is 0 Å². The number of ether oxygens (including phenoxy) is 2. The topological polar surface area (TPSA) is 108 Å². The number of nitro groups is 1. The van der Waals surface area contributed by atoms with Crippen LogP contribution in [0.25, 0.3) is 0 Å². The smallest absolute Gasteiger partial charge is 0.430 e. The second-order valence-corrected chi connectivity index (χ2v) is 23.3. The third-order valence-corrected chi connectivity index (χ3v) is 18.5. The van der Waals surface area contributed by atoms with E-state index in [2.05, 4.69) is 72.3 Å². The summed E-state index contributed by atoms with van der Waals surface area (Å²) < 4.78 is 19.0. The van der Waals surface area contributed by atoms with Gasteiger partial charge in [-0.3, -0.25) is 14.9 Å². The zero-order valence-electron chi connectivity index (χ0n) is 25.5. The summed E-state index contributed by atoms with van der Waals surface area (Å²) in [5.74, 6) is 0.0132. The minimum absolute atomic E-state index is 0.0132. The van der Waals surface area contributed by atoms with E-state index >= 15 is 0 Å². The number of nitro benzene ring substituents is 1. The van der Waals surface area contributed by atoms with Crippen LogP contribution in [0.2, 0.25) is 36.3 Å². The first-order chi connectivity index (χ1) is 17.7. The highest BCUT2D eigenvalue weighted by molar-refractivity contribution is 6.80. The Labute approximate surface area is 235 Å². The highest BCUT2D eigenvalue weighted by atomic mass is 28.4. The quantitative estimate of drug-likeness (QED) is 0.0722. The lowest BCUT2D eigenvalue weighted by Crippen LogP contribution is -2.70. The van der Waals surface area contributed by atoms with E-state index < -0.39 is 27.6 Å². The summed E-state index contributed by atoms with van der Waals surface area (Å²) in [5.41, 5.74) is 1.97. The monoisotopic (exact) mass is 578 g/mol. The molecule has 1 amide bonds. The first-order valence-corrected chi connectivity index (χ1v) is 19.3. The SMILES string of the molecule is C/C(COC(=O)OCc1ccc([N+](=O)[O-])cc1)=C1\C(=O)N([Si](C)(C)C(C)(C)C)[C@@H]1CCO[Si](C)(C)C(C)(C)C. The van der Waals surface area contributed by atoms with Crippen LogP contribution >= 0.6 is 0 Å². The van der Waals surface area contributed by atoms with Gasteiger partial charge in [0.25, 0.3) is 5.69 Å². The lowest BCUT2D eigenvalue weighted by atomic mass is 9.91. The first-order valence-electron chi connectivity index (χ1n) is 13.4. The number of hydrogen-bond donors (Lipinski definition) is 0. The van der Waals surface area contributed by atoms with Crippen LogP contribution in [0.15, 0.2) is 35.4 Å². The van der Waals surface area contributed by atoms with Gasteiger partial charge >= 0.3 is 6.16 Å². The molecule has 0 aromatic heterocycles. The molecule has 0 bridgehead atoms. The van der Waals surface area contributed by atoms with Crippen molar-refractivity contribution in [2.45, 2.75) is 104 Å². The largest absolute Gasteiger partial charge is 0.508 e. The van der Waals surface area contributed by atoms with Gasteiger partial charge in [0, 0.05) is 24.3 Å². The van der Waals surface area contributed by atoms with Crippen LogP contribution < -0.4 is 0 Å². The van der Waals surface area contributed by atoms with Crippen molar-refractivity contribution in [2.24, 2.45) is 0 Å². The molecule has 1 aliphatic heterocycles. The molecule has 218 valence electrons. The summed E-state index contributed by atoms with van der Waals surface area (Å²) in [6.07, 6.45) is -0.165. The first kappa shape index (κ1) is 32.7. The summed E-state index contributed by atoms with van der Waals surface area (Å²) in [6.45, 7) is 24.4. The number of β-lactam (4-membered cyclic amide) rings is 1. The van der Waals surface area contributed by atoms with Gasteiger partial charge in [-0.15, -0.1) is 0 Å². The molecule has 0 aliphatic carbocycles. The van der Waals surface area contributed by atoms with Crippen molar-refractivity contribution < 1.29 is 28.4 Å². The Balaban J connectivity index is 2.11. The fourth-order valence-electron chi connectivity index (χ4n) is 4.01. The van der Waals surface area contributed by atoms with Crippen molar-refractivity contribution in [1.82, 2.24) is 4.57 Å². The third kappa shape index (κ3) is 7.58. The van der Waals surface area contributed by atoms with Crippen LogP contribution in [-0.2, 0) is 25.3 Å². The average Bonchev–Trinajstić information content (AvgIpc) is 2.79. The second kappa shape index (κ2) is 11.9. The normalized spacial score (nSPS) is 18.0. The van der Waals surface area contributed by atoms with Crippen molar-refractivity contribution in [3.8, 4) is 0 Å². The fourth-order valence-corrected chi connectivity index (χ4v) is 7.46. The van der Waals surface area contributed by atoms with E-state index in [1.165, 1.54) is 24.3 Å². The molecule has 1 heterocycles. The summed E-state index contributed by atoms with van der Waals surface area (Å²) in [4.78, 5) is 36.0. The van der Waals surface area contributed by atoms with Crippen LogP contribution in [0.4, 0.5) is 10.5 Å². The van der Waals surface area contributed by atoms with Crippen LogP contribution in [0, 0.1) is 10.1 Å². The Bertz CT molecular complexity index is 1100. The number of carbonyl (C=O) groups excluding carboxylic acids is 2. The van der Waals surface area contributed by atoms with E-state index in [0.717, 1.165) is 0 Å². The molecule has 0 unspecified atom stereocenters. The third-order valence-electron chi connectivity index (χ3n) is 8.56. The average molecular weight is 579 g/mol. The molecule has 1 atom stereocenters. The van der Waals surface area contributed by atoms with Gasteiger partial charge in [0.05, 0.1) is 11.0 Å². The molecule has 0 spiro atoms. The van der Waals surface area contributed by atoms with E-state index in [1.54, 1.807) is 0 Å². The molecule has 0 N–H and O–H groups in total. The highest BCUT2D eigenvalue weighted by Gasteiger charge is 2.55. The van der Waals surface area contributed by atoms with E-state index in [1.807, 2.05) is 6.92 Å². The molecule has 1 aromatic carbocycles. The Kier molecular flexibility index (Phi) is 10.0. The molecule has 9 nitrogen and oxygen atoms in total. The number of hydrogen-bond acceptors (Lipinski definition) is 7. The van der Waals surface area contributed by atoms with Gasteiger partial charge in [0.1, 0.15) is 13.2 Å². The van der Waals surface area contributed by atoms with Gasteiger partial charge in [-0.25, -0.2) is 4.79 Å². The van der Waals surface area contributed by atoms with Crippen molar-refractivity contribution in [3.05, 3.63) is 51.1 Å². The number of nitrogens with zero attached hydrogens (tertiary/aromatic N) is 2. The van der Waals surface area contributed by atoms with Crippen molar-refractivity contribution in [1.29, 1.82) is 0 Å². The number of amides is 1. The maximum Gasteiger partial charge on any atom is 0.508 e. The van der Waals surface area contributed by atoms with Gasteiger partial charge in [0.15, 0.2) is 16.6 Å². The molecule has 1 fully saturated rings. The number of non-ortho nitro benzene ring substituents is 1. The number of carbonyl (C=O) groups is 2. The molecule has 39 heavy (non-hydrogen) atoms. The predicted octanol–water partition coefficient (Wildman–Crippen LogP) is 7.19. The second-order valence-electron chi connectivity index (χ2n) is 13.3. The molecule has 1 aliphatic rings. The summed E-state index contributed by atoms with van der Waals surface area (Å²) in [7, 11) is -4.08. The molecule has 1 aromatic rings. The van der Waals surface area contributed by atoms with Crippen LogP contribution in [-0.4, -0.2) is 57.4 Å². The van der Waals surface area contributed by atoms with Gasteiger partial charge < -0.3 is 18.5 Å². The van der Waals surface area contributed by atoms with Crippen molar-refractivity contribution >= 4 is 34.3 Å². The lowest BCUT2D eigenvalue weighted by Gasteiger charge is -2.56. The van der Waals surface area contributed by atoms with E-state index in [9.17, 15) is 19.7 Å². The standard InChI is InChI=1S/C28H46N2O7Si2/c1-20(18-35-26(32)36-19-21-12-14-22(15-13-21)30(33)34)24-23(16-17-37-39(10,11)28(5,6)7)29(25(24)31)38(8,9)27(2,3)4/h12-15,23H,16-19H2,1-11H3/b24-20+/t23-/m1/s1. The van der Waals surface area contributed by atoms with Crippen LogP contribution in [0.3, 0.4) is 0 Å². The van der Waals surface area contributed by atoms with E-state index in [4.69, 9.17) is 13.9 Å². The minimum Gasteiger partial charge on any atom is -0.430 e. The summed E-state index contributed by atoms with van der Waals surface area (Å²) in [6, 6.07) is 5.67. The Hall–Kier alpha value is -2.51. The van der Waals surface area contributed by atoms with Crippen LogP contribution in [0.5, 0.6) is 0 Å². The molecule has 0 radical (unpaired) electrons. The number of benzene rings is 1. The predicted molar refractivity (Wildman–Crippen MR) is 158 cm³/mol. The summed E-state index contributed by atoms with van der Waals surface area (Å²) >= 11 is 0. The van der Waals surface area contributed by atoms with Gasteiger partial charge in [-0.1, -0.05) is 54.6 Å². The van der Waals surface area contributed by atoms with Gasteiger partial charge in [-0.05, 0) is 59.8 Å². The van der Waals surface area contributed by atoms with Gasteiger partial charge in [-0.2, -0.15) is 0 Å². The fraction of sp³-hybridized carbons (Fsp3) is 0.643. The van der Waals surface area contributed by atoms with E-state index in [0.29, 0.717) is 29.7 Å². The Morgan fingerprint density at radius 1 is 1.00 bits per heavy atom. The molecule has 1 saturated heterocycles. The zero-order valence-corrected chi connectivity index (χ0v) is 27.5. The van der Waals surface area contributed by atoms with Crippen molar-refractivity contribution in [2.75, 3.05) is 13.2 Å². The Morgan fingerprint density at radius 2 is 1.56 bits per heavy atom. The minimum atomic E-state index is -2.14. The summed E-state index contributed by atoms with van der Waals surface area (Å²) in [5, 5.41) is 10.9. The van der Waals surface area contributed by atoms with Gasteiger partial charge in [0.2, 0.25) is 5.91 Å². The zero-order chi connectivity index (χ0) is 30.0.